The maximum absolute atomic E-state index is 3.85. The predicted octanol–water partition coefficient (Wildman–Crippen LogP) is 7.20. The van der Waals surface area contributed by atoms with Crippen LogP contribution in [0.1, 0.15) is 167 Å². The van der Waals surface area contributed by atoms with Crippen LogP contribution >= 0.6 is 0 Å². The Labute approximate surface area is 301 Å². The van der Waals surface area contributed by atoms with Crippen LogP contribution in [0.15, 0.2) is 0 Å². The fraction of sp³-hybridized carbons (Fsp3) is 0.895. The molecule has 0 aromatic heterocycles. The molecule has 0 amide bonds. The zero-order chi connectivity index (χ0) is 30.3. The molecule has 0 atom stereocenters. The summed E-state index contributed by atoms with van der Waals surface area (Å²) in [5, 5.41) is 0. The monoisotopic (exact) mass is 862 g/mol. The van der Waals surface area contributed by atoms with Crippen molar-refractivity contribution in [3.63, 3.8) is 0 Å². The minimum absolute atomic E-state index is 0.276. The molecule has 8 saturated carbocycles. The zero-order valence-corrected chi connectivity index (χ0v) is 34.2. The molecule has 0 unspecified atom stereocenters. The molecule has 8 aliphatic carbocycles. The van der Waals surface area contributed by atoms with Gasteiger partial charge < -0.3 is 0 Å². The molecule has 8 fully saturated rings. The van der Waals surface area contributed by atoms with Gasteiger partial charge in [-0.1, -0.05) is 0 Å². The Hall–Kier alpha value is 1.16. The first-order valence-corrected chi connectivity index (χ1v) is 22.6. The fourth-order valence-electron chi connectivity index (χ4n) is 12.0. The summed E-state index contributed by atoms with van der Waals surface area (Å²) in [5.41, 5.74) is 0.552. The van der Waals surface area contributed by atoms with Crippen molar-refractivity contribution in [1.82, 2.24) is 9.80 Å². The molecule has 244 valence electrons. The predicted molar refractivity (Wildman–Crippen MR) is 193 cm³/mol. The van der Waals surface area contributed by atoms with Gasteiger partial charge in [-0.05, 0) is 0 Å². The quantitative estimate of drug-likeness (QED) is 0.215. The molecular formula is C38H58N2Se4. The van der Waals surface area contributed by atoms with Gasteiger partial charge in [-0.25, -0.2) is 0 Å². The zero-order valence-electron chi connectivity index (χ0n) is 27.4. The van der Waals surface area contributed by atoms with E-state index >= 15 is 0 Å². The maximum atomic E-state index is 3.85. The summed E-state index contributed by atoms with van der Waals surface area (Å²) in [6, 6.07) is 0. The molecule has 8 aliphatic rings. The van der Waals surface area contributed by atoms with Crippen molar-refractivity contribution in [2.24, 2.45) is 35.5 Å². The second-order valence-electron chi connectivity index (χ2n) is 16.8. The summed E-state index contributed by atoms with van der Waals surface area (Å²) in [4.78, 5) is 6.14. The van der Waals surface area contributed by atoms with Gasteiger partial charge in [0.25, 0.3) is 0 Å². The summed E-state index contributed by atoms with van der Waals surface area (Å²) in [6.07, 6.45) is 36.8. The molecule has 0 heterocycles. The van der Waals surface area contributed by atoms with Crippen molar-refractivity contribution < 1.29 is 0 Å². The van der Waals surface area contributed by atoms with Crippen LogP contribution in [0, 0.1) is 35.5 Å². The summed E-state index contributed by atoms with van der Waals surface area (Å²) in [6.45, 7) is 0. The van der Waals surface area contributed by atoms with Gasteiger partial charge in [0.2, 0.25) is 0 Å². The molecule has 4 bridgehead atoms. The van der Waals surface area contributed by atoms with Crippen molar-refractivity contribution >= 4 is 80.5 Å². The molecule has 0 aromatic carbocycles. The van der Waals surface area contributed by atoms with Gasteiger partial charge in [0, 0.05) is 0 Å². The first-order valence-electron chi connectivity index (χ1n) is 19.1. The van der Waals surface area contributed by atoms with Gasteiger partial charge in [-0.15, -0.1) is 0 Å². The van der Waals surface area contributed by atoms with E-state index in [1.807, 2.05) is 0 Å². The Balaban J connectivity index is 1.27. The van der Waals surface area contributed by atoms with E-state index in [4.69, 9.17) is 0 Å². The topological polar surface area (TPSA) is 6.48 Å². The molecule has 0 spiro atoms. The van der Waals surface area contributed by atoms with Crippen LogP contribution in [0.5, 0.6) is 0 Å². The first kappa shape index (κ1) is 33.6. The van der Waals surface area contributed by atoms with E-state index in [1.165, 1.54) is 167 Å². The minimum atomic E-state index is 0.276. The first-order chi connectivity index (χ1) is 21.4. The molecular weight excluding hydrogens is 800 g/mol. The summed E-state index contributed by atoms with van der Waals surface area (Å²) < 4.78 is 6.58. The van der Waals surface area contributed by atoms with Crippen molar-refractivity contribution in [3.05, 3.63) is 0 Å². The molecule has 44 heavy (non-hydrogen) atoms. The van der Waals surface area contributed by atoms with Gasteiger partial charge in [-0.2, -0.15) is 0 Å². The Kier molecular flexibility index (Phi) is 11.1. The van der Waals surface area contributed by atoms with E-state index in [2.05, 4.69) is 72.1 Å². The van der Waals surface area contributed by atoms with Gasteiger partial charge in [0.05, 0.1) is 0 Å². The van der Waals surface area contributed by atoms with E-state index in [0.29, 0.717) is 0 Å². The van der Waals surface area contributed by atoms with Crippen molar-refractivity contribution in [2.45, 2.75) is 178 Å². The third-order valence-electron chi connectivity index (χ3n) is 13.6. The Morgan fingerprint density at radius 1 is 0.386 bits per heavy atom. The fourth-order valence-corrected chi connectivity index (χ4v) is 17.0. The van der Waals surface area contributed by atoms with Crippen molar-refractivity contribution in [3.8, 4) is 0 Å². The van der Waals surface area contributed by atoms with E-state index in [9.17, 15) is 0 Å². The van der Waals surface area contributed by atoms with Crippen LogP contribution in [0.4, 0.5) is 0 Å². The molecule has 6 heteroatoms. The van der Waals surface area contributed by atoms with Crippen LogP contribution in [-0.4, -0.2) is 101 Å². The summed E-state index contributed by atoms with van der Waals surface area (Å²) in [7, 11) is 0. The summed E-state index contributed by atoms with van der Waals surface area (Å²) >= 11 is 15.4. The van der Waals surface area contributed by atoms with Crippen molar-refractivity contribution in [1.29, 1.82) is 0 Å². The van der Waals surface area contributed by atoms with E-state index < -0.39 is 0 Å². The van der Waals surface area contributed by atoms with E-state index in [1.54, 1.807) is 18.2 Å². The molecule has 0 N–H and O–H groups in total. The molecule has 8 rings (SSSR count). The molecule has 0 aromatic rings. The Morgan fingerprint density at radius 2 is 0.636 bits per heavy atom. The normalized spacial score (nSPS) is 35.4. The van der Waals surface area contributed by atoms with Crippen LogP contribution in [0.2, 0.25) is 0 Å². The van der Waals surface area contributed by atoms with Gasteiger partial charge in [0.1, 0.15) is 0 Å². The van der Waals surface area contributed by atoms with E-state index in [0.717, 1.165) is 35.5 Å². The third kappa shape index (κ3) is 6.68. The number of hydrogen-bond donors (Lipinski definition) is 0. The van der Waals surface area contributed by atoms with Gasteiger partial charge in [-0.3, -0.25) is 0 Å². The molecule has 0 radical (unpaired) electrons. The Bertz CT molecular complexity index is 936. The third-order valence-corrected chi connectivity index (χ3v) is 18.0. The number of hydrogen-bond acceptors (Lipinski definition) is 2. The second-order valence-corrected chi connectivity index (χ2v) is 20.3. The van der Waals surface area contributed by atoms with E-state index in [-0.39, 0.29) is 11.1 Å². The Morgan fingerprint density at radius 3 is 0.886 bits per heavy atom. The number of rotatable bonds is 10. The molecule has 2 nitrogen and oxygen atoms in total. The van der Waals surface area contributed by atoms with Crippen LogP contribution < -0.4 is 0 Å². The molecule has 0 saturated heterocycles. The van der Waals surface area contributed by atoms with Gasteiger partial charge in [0.15, 0.2) is 0 Å². The standard InChI is InChI=1S/C38H58N2Se4/c41-33(29-13-5-1-6-14-29)39(34(42)30-15-7-2-8-16-30)37-22-27-21-28(23-37)25-38(24-27,26-37)40(35(43)31-17-9-3-10-18-31)36(44)32-19-11-4-12-20-32/h27-32H,1-26H2. The SMILES string of the molecule is [Se]=C(C1CCCCC1)N(C(=[Se])C1CCCCC1)C12CC3CC(C1)CC(N(C(=[Se])C1CCCCC1)C(=[Se])C1CCCCC1)(C3)C2. The molecule has 0 aliphatic heterocycles. The number of nitrogens with zero attached hydrogens (tertiary/aromatic N) is 2. The van der Waals surface area contributed by atoms with Crippen LogP contribution in [0.3, 0.4) is 0 Å². The average molecular weight is 859 g/mol. The van der Waals surface area contributed by atoms with Gasteiger partial charge >= 0.3 is 304 Å². The van der Waals surface area contributed by atoms with Crippen LogP contribution in [0.25, 0.3) is 0 Å². The average Bonchev–Trinajstić information content (AvgIpc) is 3.05. The van der Waals surface area contributed by atoms with Crippen LogP contribution in [-0.2, 0) is 0 Å². The second kappa shape index (κ2) is 14.6. The van der Waals surface area contributed by atoms with Crippen molar-refractivity contribution in [2.75, 3.05) is 0 Å². The summed E-state index contributed by atoms with van der Waals surface area (Å²) in [5.74, 6) is 4.70.